The molecule has 1 heterocycles. The summed E-state index contributed by atoms with van der Waals surface area (Å²) in [5.41, 5.74) is 1.24. The monoisotopic (exact) mass is 278 g/mol. The lowest BCUT2D eigenvalue weighted by Gasteiger charge is -2.24. The normalized spacial score (nSPS) is 20.2. The first-order chi connectivity index (χ1) is 9.52. The van der Waals surface area contributed by atoms with Gasteiger partial charge in [0.15, 0.2) is 0 Å². The molecule has 0 bridgehead atoms. The number of nitrogens with zero attached hydrogens (tertiary/aromatic N) is 1. The van der Waals surface area contributed by atoms with Crippen molar-refractivity contribution in [3.8, 4) is 0 Å². The van der Waals surface area contributed by atoms with Gasteiger partial charge in [0.2, 0.25) is 0 Å². The Kier molecular flexibility index (Phi) is 5.17. The zero-order valence-corrected chi connectivity index (χ0v) is 13.0. The molecule has 0 saturated carbocycles. The maximum Gasteiger partial charge on any atom is 0.127 e. The summed E-state index contributed by atoms with van der Waals surface area (Å²) in [4.78, 5) is 2.51. The van der Waals surface area contributed by atoms with Crippen LogP contribution in [0.4, 0.5) is 4.39 Å². The van der Waals surface area contributed by atoms with E-state index in [0.717, 1.165) is 31.6 Å². The van der Waals surface area contributed by atoms with Crippen molar-refractivity contribution in [2.45, 2.75) is 39.7 Å². The molecule has 1 aliphatic heterocycles. The van der Waals surface area contributed by atoms with Crippen LogP contribution >= 0.6 is 0 Å². The standard InChI is InChI=1S/C17H27FN2/c1-4-19-16(14-7-5-6-8-15(14)18)9-11-20-12-10-17(2,3)13-20/h5-8,16,19H,4,9-13H2,1-3H3. The SMILES string of the molecule is CCNC(CCN1CCC(C)(C)C1)c1ccccc1F. The van der Waals surface area contributed by atoms with Crippen LogP contribution in [0.1, 0.15) is 45.2 Å². The summed E-state index contributed by atoms with van der Waals surface area (Å²) >= 11 is 0. The van der Waals surface area contributed by atoms with Gasteiger partial charge in [-0.1, -0.05) is 39.0 Å². The highest BCUT2D eigenvalue weighted by Gasteiger charge is 2.29. The molecule has 1 aromatic rings. The van der Waals surface area contributed by atoms with E-state index in [4.69, 9.17) is 0 Å². The number of hydrogen-bond acceptors (Lipinski definition) is 2. The molecule has 1 aliphatic rings. The molecule has 0 aliphatic carbocycles. The van der Waals surface area contributed by atoms with Crippen LogP contribution in [0.3, 0.4) is 0 Å². The molecular weight excluding hydrogens is 251 g/mol. The molecule has 1 saturated heterocycles. The summed E-state index contributed by atoms with van der Waals surface area (Å²) in [7, 11) is 0. The summed E-state index contributed by atoms with van der Waals surface area (Å²) in [6.45, 7) is 11.0. The molecule has 0 spiro atoms. The van der Waals surface area contributed by atoms with Gasteiger partial charge in [0.25, 0.3) is 0 Å². The summed E-state index contributed by atoms with van der Waals surface area (Å²) in [5.74, 6) is -0.0970. The van der Waals surface area contributed by atoms with E-state index in [2.05, 4.69) is 31.0 Å². The van der Waals surface area contributed by atoms with Gasteiger partial charge >= 0.3 is 0 Å². The van der Waals surface area contributed by atoms with Gasteiger partial charge in [0.1, 0.15) is 5.82 Å². The number of rotatable bonds is 6. The van der Waals surface area contributed by atoms with Crippen LogP contribution in [0.25, 0.3) is 0 Å². The first kappa shape index (κ1) is 15.5. The molecule has 1 atom stereocenters. The number of benzene rings is 1. The summed E-state index contributed by atoms with van der Waals surface area (Å²) < 4.78 is 13.9. The molecule has 0 aromatic heterocycles. The topological polar surface area (TPSA) is 15.3 Å². The van der Waals surface area contributed by atoms with Crippen molar-refractivity contribution in [2.75, 3.05) is 26.2 Å². The third kappa shape index (κ3) is 4.03. The molecule has 1 N–H and O–H groups in total. The Morgan fingerprint density at radius 1 is 1.35 bits per heavy atom. The Bertz CT molecular complexity index is 431. The number of likely N-dealkylation sites (tertiary alicyclic amines) is 1. The second-order valence-corrected chi connectivity index (χ2v) is 6.61. The Balaban J connectivity index is 1.95. The van der Waals surface area contributed by atoms with Gasteiger partial charge < -0.3 is 10.2 Å². The molecule has 1 unspecified atom stereocenters. The summed E-state index contributed by atoms with van der Waals surface area (Å²) in [5, 5.41) is 3.42. The predicted molar refractivity (Wildman–Crippen MR) is 82.3 cm³/mol. The van der Waals surface area contributed by atoms with Crippen LogP contribution in [-0.4, -0.2) is 31.1 Å². The van der Waals surface area contributed by atoms with Crippen molar-refractivity contribution in [3.05, 3.63) is 35.6 Å². The molecule has 112 valence electrons. The molecule has 2 nitrogen and oxygen atoms in total. The molecule has 1 aromatic carbocycles. The smallest absolute Gasteiger partial charge is 0.127 e. The lowest BCUT2D eigenvalue weighted by molar-refractivity contribution is 0.273. The van der Waals surface area contributed by atoms with Crippen molar-refractivity contribution >= 4 is 0 Å². The van der Waals surface area contributed by atoms with Crippen LogP contribution in [-0.2, 0) is 0 Å². The van der Waals surface area contributed by atoms with E-state index in [-0.39, 0.29) is 11.9 Å². The van der Waals surface area contributed by atoms with Crippen LogP contribution in [0.5, 0.6) is 0 Å². The van der Waals surface area contributed by atoms with Crippen molar-refractivity contribution in [2.24, 2.45) is 5.41 Å². The van der Waals surface area contributed by atoms with Crippen molar-refractivity contribution < 1.29 is 4.39 Å². The maximum absolute atomic E-state index is 13.9. The number of hydrogen-bond donors (Lipinski definition) is 1. The predicted octanol–water partition coefficient (Wildman–Crippen LogP) is 3.60. The highest BCUT2D eigenvalue weighted by atomic mass is 19.1. The third-order valence-electron chi connectivity index (χ3n) is 4.22. The van der Waals surface area contributed by atoms with E-state index >= 15 is 0 Å². The lowest BCUT2D eigenvalue weighted by Crippen LogP contribution is -2.29. The number of halogens is 1. The first-order valence-corrected chi connectivity index (χ1v) is 7.72. The minimum Gasteiger partial charge on any atom is -0.310 e. The van der Waals surface area contributed by atoms with Crippen LogP contribution in [0, 0.1) is 11.2 Å². The molecule has 1 fully saturated rings. The van der Waals surface area contributed by atoms with Gasteiger partial charge in [0, 0.05) is 18.2 Å². The zero-order valence-electron chi connectivity index (χ0n) is 13.0. The van der Waals surface area contributed by atoms with E-state index in [9.17, 15) is 4.39 Å². The average molecular weight is 278 g/mol. The van der Waals surface area contributed by atoms with E-state index in [0.29, 0.717) is 5.41 Å². The van der Waals surface area contributed by atoms with E-state index < -0.39 is 0 Å². The average Bonchev–Trinajstić information content (AvgIpc) is 2.75. The minimum absolute atomic E-state index is 0.0970. The van der Waals surface area contributed by atoms with Crippen LogP contribution in [0.15, 0.2) is 24.3 Å². The molecule has 20 heavy (non-hydrogen) atoms. The molecule has 3 heteroatoms. The summed E-state index contributed by atoms with van der Waals surface area (Å²) in [6, 6.07) is 7.24. The first-order valence-electron chi connectivity index (χ1n) is 7.72. The highest BCUT2D eigenvalue weighted by Crippen LogP contribution is 2.29. The summed E-state index contributed by atoms with van der Waals surface area (Å²) in [6.07, 6.45) is 2.23. The van der Waals surface area contributed by atoms with Crippen molar-refractivity contribution in [3.63, 3.8) is 0 Å². The molecule has 0 radical (unpaired) electrons. The molecular formula is C17H27FN2. The third-order valence-corrected chi connectivity index (χ3v) is 4.22. The Hall–Kier alpha value is -0.930. The fourth-order valence-electron chi connectivity index (χ4n) is 3.10. The van der Waals surface area contributed by atoms with Gasteiger partial charge in [-0.05, 0) is 44.0 Å². The fourth-order valence-corrected chi connectivity index (χ4v) is 3.10. The van der Waals surface area contributed by atoms with Gasteiger partial charge in [-0.15, -0.1) is 0 Å². The van der Waals surface area contributed by atoms with Gasteiger partial charge in [0.05, 0.1) is 0 Å². The Labute approximate surface area is 122 Å². The quantitative estimate of drug-likeness (QED) is 0.855. The minimum atomic E-state index is -0.0970. The van der Waals surface area contributed by atoms with Gasteiger partial charge in [-0.3, -0.25) is 0 Å². The number of nitrogens with one attached hydrogen (secondary N) is 1. The lowest BCUT2D eigenvalue weighted by atomic mass is 9.93. The van der Waals surface area contributed by atoms with E-state index in [1.165, 1.54) is 13.0 Å². The van der Waals surface area contributed by atoms with Gasteiger partial charge in [-0.25, -0.2) is 4.39 Å². The highest BCUT2D eigenvalue weighted by molar-refractivity contribution is 5.21. The maximum atomic E-state index is 13.9. The second kappa shape index (κ2) is 6.68. The molecule has 0 amide bonds. The van der Waals surface area contributed by atoms with Gasteiger partial charge in [-0.2, -0.15) is 0 Å². The zero-order chi connectivity index (χ0) is 14.6. The van der Waals surface area contributed by atoms with Crippen molar-refractivity contribution in [1.29, 1.82) is 0 Å². The van der Waals surface area contributed by atoms with Crippen molar-refractivity contribution in [1.82, 2.24) is 10.2 Å². The van der Waals surface area contributed by atoms with E-state index in [1.54, 1.807) is 12.1 Å². The Morgan fingerprint density at radius 3 is 2.70 bits per heavy atom. The fraction of sp³-hybridized carbons (Fsp3) is 0.647. The second-order valence-electron chi connectivity index (χ2n) is 6.61. The van der Waals surface area contributed by atoms with E-state index in [1.807, 2.05) is 12.1 Å². The van der Waals surface area contributed by atoms with Crippen LogP contribution < -0.4 is 5.32 Å². The largest absolute Gasteiger partial charge is 0.310 e. The molecule has 2 rings (SSSR count). The van der Waals surface area contributed by atoms with Crippen LogP contribution in [0.2, 0.25) is 0 Å². The Morgan fingerprint density at radius 2 is 2.10 bits per heavy atom.